The summed E-state index contributed by atoms with van der Waals surface area (Å²) in [5, 5.41) is 8.97. The molecule has 0 aliphatic heterocycles. The van der Waals surface area contributed by atoms with Crippen LogP contribution in [0.15, 0.2) is 212 Å². The molecule has 2 nitrogen and oxygen atoms in total. The van der Waals surface area contributed by atoms with E-state index in [0.29, 0.717) is 5.56 Å². The Hall–Kier alpha value is -8.28. The van der Waals surface area contributed by atoms with Crippen molar-refractivity contribution in [1.29, 1.82) is 0 Å². The molecule has 1 aliphatic carbocycles. The fourth-order valence-electron chi connectivity index (χ4n) is 11.0. The van der Waals surface area contributed by atoms with Gasteiger partial charge < -0.3 is 4.57 Å². The first kappa shape index (κ1) is 40.0. The van der Waals surface area contributed by atoms with Gasteiger partial charge >= 0.3 is 6.18 Å². The minimum absolute atomic E-state index is 0.0678. The lowest BCUT2D eigenvalue weighted by atomic mass is 9.82. The number of benzene rings is 10. The Labute approximate surface area is 391 Å². The van der Waals surface area contributed by atoms with E-state index in [1.54, 1.807) is 12.1 Å². The zero-order valence-electron chi connectivity index (χ0n) is 37.2. The average Bonchev–Trinajstić information content (AvgIpc) is 3.82. The van der Waals surface area contributed by atoms with Crippen LogP contribution in [0.3, 0.4) is 0 Å². The Bertz CT molecular complexity index is 3960. The van der Waals surface area contributed by atoms with Crippen LogP contribution in [0.4, 0.5) is 13.2 Å². The Balaban J connectivity index is 1.07. The van der Waals surface area contributed by atoms with Gasteiger partial charge in [-0.25, -0.2) is 4.98 Å². The number of rotatable bonds is 5. The maximum absolute atomic E-state index is 13.7. The van der Waals surface area contributed by atoms with E-state index in [2.05, 4.69) is 164 Å². The minimum atomic E-state index is -4.42. The van der Waals surface area contributed by atoms with Crippen molar-refractivity contribution in [2.45, 2.75) is 25.4 Å². The normalized spacial score (nSPS) is 13.2. The van der Waals surface area contributed by atoms with Crippen molar-refractivity contribution in [1.82, 2.24) is 9.55 Å². The predicted molar refractivity (Wildman–Crippen MR) is 275 cm³/mol. The van der Waals surface area contributed by atoms with E-state index in [1.165, 1.54) is 38.6 Å². The Morgan fingerprint density at radius 3 is 1.56 bits per heavy atom. The molecule has 5 heteroatoms. The number of halogens is 3. The Morgan fingerprint density at radius 2 is 0.868 bits per heavy atom. The van der Waals surface area contributed by atoms with Crippen molar-refractivity contribution in [2.24, 2.45) is 0 Å². The van der Waals surface area contributed by atoms with Crippen molar-refractivity contribution in [3.05, 3.63) is 229 Å². The third-order valence-corrected chi connectivity index (χ3v) is 14.4. The van der Waals surface area contributed by atoms with E-state index in [1.807, 2.05) is 42.5 Å². The second-order valence-electron chi connectivity index (χ2n) is 18.6. The number of aromatic nitrogens is 2. The molecular weight excluding hydrogens is 842 g/mol. The van der Waals surface area contributed by atoms with Crippen LogP contribution in [-0.2, 0) is 11.6 Å². The van der Waals surface area contributed by atoms with Gasteiger partial charge in [-0.3, -0.25) is 0 Å². The molecular formula is C63H41F3N2. The Morgan fingerprint density at radius 1 is 0.368 bits per heavy atom. The van der Waals surface area contributed by atoms with Crippen LogP contribution < -0.4 is 0 Å². The molecule has 324 valence electrons. The number of hydrogen-bond donors (Lipinski definition) is 0. The first-order valence-corrected chi connectivity index (χ1v) is 23.0. The predicted octanol–water partition coefficient (Wildman–Crippen LogP) is 17.6. The second kappa shape index (κ2) is 14.9. The summed E-state index contributed by atoms with van der Waals surface area (Å²) >= 11 is 0. The second-order valence-corrected chi connectivity index (χ2v) is 18.6. The highest BCUT2D eigenvalue weighted by Gasteiger charge is 2.35. The van der Waals surface area contributed by atoms with Gasteiger partial charge in [-0.15, -0.1) is 0 Å². The molecule has 2 heterocycles. The lowest BCUT2D eigenvalue weighted by Gasteiger charge is -2.21. The summed E-state index contributed by atoms with van der Waals surface area (Å²) in [5.41, 5.74) is 15.1. The molecule has 13 rings (SSSR count). The molecule has 0 N–H and O–H groups in total. The van der Waals surface area contributed by atoms with E-state index in [9.17, 15) is 13.2 Å². The van der Waals surface area contributed by atoms with Gasteiger partial charge in [0.25, 0.3) is 0 Å². The molecule has 0 fully saturated rings. The number of hydrogen-bond acceptors (Lipinski definition) is 1. The molecule has 0 amide bonds. The van der Waals surface area contributed by atoms with Crippen LogP contribution in [0.5, 0.6) is 0 Å². The molecule has 0 radical (unpaired) electrons. The highest BCUT2D eigenvalue weighted by Crippen LogP contribution is 2.50. The maximum atomic E-state index is 13.7. The SMILES string of the molecule is CC1(C)c2ccccc2-c2cc(-c3ccc4c(c3)c3ccccc3c3cc5c(cc43)c3cc(-c4ccc(C(F)(F)F)cc4)ccc3n5-c3cc(-c4ccccc4)nc(-c4ccccc4)c3)ccc21. The van der Waals surface area contributed by atoms with Gasteiger partial charge in [-0.2, -0.15) is 13.2 Å². The molecule has 0 spiro atoms. The third-order valence-electron chi connectivity index (χ3n) is 14.4. The topological polar surface area (TPSA) is 17.8 Å². The van der Waals surface area contributed by atoms with Crippen LogP contribution in [-0.4, -0.2) is 9.55 Å². The zero-order valence-corrected chi connectivity index (χ0v) is 37.2. The lowest BCUT2D eigenvalue weighted by molar-refractivity contribution is -0.137. The van der Waals surface area contributed by atoms with Crippen LogP contribution in [0.25, 0.3) is 116 Å². The van der Waals surface area contributed by atoms with Gasteiger partial charge in [0, 0.05) is 27.3 Å². The third kappa shape index (κ3) is 6.22. The van der Waals surface area contributed by atoms with Crippen LogP contribution in [0, 0.1) is 0 Å². The first-order valence-electron chi connectivity index (χ1n) is 23.0. The highest BCUT2D eigenvalue weighted by atomic mass is 19.4. The van der Waals surface area contributed by atoms with Gasteiger partial charge in [0.05, 0.1) is 33.7 Å². The molecule has 0 bridgehead atoms. The van der Waals surface area contributed by atoms with Gasteiger partial charge in [0.2, 0.25) is 0 Å². The van der Waals surface area contributed by atoms with E-state index in [-0.39, 0.29) is 5.41 Å². The Kier molecular flexibility index (Phi) is 8.75. The number of alkyl halides is 3. The summed E-state index contributed by atoms with van der Waals surface area (Å²) in [4.78, 5) is 5.22. The molecule has 0 saturated carbocycles. The van der Waals surface area contributed by atoms with Crippen molar-refractivity contribution >= 4 is 54.1 Å². The van der Waals surface area contributed by atoms with E-state index < -0.39 is 11.7 Å². The molecule has 1 aliphatic rings. The summed E-state index contributed by atoms with van der Waals surface area (Å²) in [5.74, 6) is 0. The van der Waals surface area contributed by atoms with Gasteiger partial charge in [-0.1, -0.05) is 166 Å². The number of nitrogens with zero attached hydrogens (tertiary/aromatic N) is 2. The van der Waals surface area contributed by atoms with Gasteiger partial charge in [-0.05, 0) is 137 Å². The van der Waals surface area contributed by atoms with Crippen molar-refractivity contribution in [3.8, 4) is 61.6 Å². The van der Waals surface area contributed by atoms with E-state index in [0.717, 1.165) is 94.8 Å². The number of fused-ring (bicyclic) bond motifs is 12. The average molecular weight is 883 g/mol. The van der Waals surface area contributed by atoms with Gasteiger partial charge in [0.1, 0.15) is 0 Å². The maximum Gasteiger partial charge on any atom is 0.416 e. The van der Waals surface area contributed by atoms with E-state index >= 15 is 0 Å². The highest BCUT2D eigenvalue weighted by molar-refractivity contribution is 6.29. The molecule has 68 heavy (non-hydrogen) atoms. The molecule has 10 aromatic carbocycles. The summed E-state index contributed by atoms with van der Waals surface area (Å²) < 4.78 is 43.4. The fraction of sp³-hybridized carbons (Fsp3) is 0.0635. The monoisotopic (exact) mass is 882 g/mol. The van der Waals surface area contributed by atoms with Crippen molar-refractivity contribution < 1.29 is 13.2 Å². The molecule has 12 aromatic rings. The summed E-state index contributed by atoms with van der Waals surface area (Å²) in [6.07, 6.45) is -4.42. The molecule has 2 aromatic heterocycles. The van der Waals surface area contributed by atoms with E-state index in [4.69, 9.17) is 4.98 Å². The lowest BCUT2D eigenvalue weighted by Crippen LogP contribution is -2.14. The smallest absolute Gasteiger partial charge is 0.309 e. The summed E-state index contributed by atoms with van der Waals surface area (Å²) in [6, 6.07) is 72.5. The fourth-order valence-corrected chi connectivity index (χ4v) is 11.0. The first-order chi connectivity index (χ1) is 33.1. The molecule has 0 atom stereocenters. The van der Waals surface area contributed by atoms with Crippen LogP contribution >= 0.6 is 0 Å². The summed E-state index contributed by atoms with van der Waals surface area (Å²) in [6.45, 7) is 4.63. The quantitative estimate of drug-likeness (QED) is 0.158. The van der Waals surface area contributed by atoms with Crippen LogP contribution in [0.2, 0.25) is 0 Å². The molecule has 0 unspecified atom stereocenters. The van der Waals surface area contributed by atoms with Crippen molar-refractivity contribution in [3.63, 3.8) is 0 Å². The van der Waals surface area contributed by atoms with Crippen molar-refractivity contribution in [2.75, 3.05) is 0 Å². The van der Waals surface area contributed by atoms with Crippen LogP contribution in [0.1, 0.15) is 30.5 Å². The standard InChI is InChI=1S/C63H41F3N2/c1-62(2)56-20-12-11-19-49(56)53-32-43(24-29-57(53)62)42-23-28-48-50(31-42)46-17-9-10-18-47(46)52-37-61-55(36-51(48)52)54-33-41(38-21-26-44(27-22-38)63(64,65)66)25-30-60(54)68(61)45-34-58(39-13-5-3-6-14-39)67-59(35-45)40-15-7-4-8-16-40/h3-37H,1-2H3. The summed E-state index contributed by atoms with van der Waals surface area (Å²) in [7, 11) is 0. The largest absolute Gasteiger partial charge is 0.416 e. The minimum Gasteiger partial charge on any atom is -0.309 e. The van der Waals surface area contributed by atoms with Gasteiger partial charge in [0.15, 0.2) is 0 Å². The zero-order chi connectivity index (χ0) is 45.9. The molecule has 0 saturated heterocycles. The number of pyridine rings is 1.